The first-order valence-corrected chi connectivity index (χ1v) is 7.20. The van der Waals surface area contributed by atoms with Gasteiger partial charge in [-0.05, 0) is 25.8 Å². The largest absolute Gasteiger partial charge is 0.305 e. The number of benzene rings is 1. The Morgan fingerprint density at radius 3 is 2.58 bits per heavy atom. The van der Waals surface area contributed by atoms with E-state index in [1.165, 1.54) is 5.56 Å². The van der Waals surface area contributed by atoms with Crippen LogP contribution in [-0.4, -0.2) is 30.1 Å². The lowest BCUT2D eigenvalue weighted by molar-refractivity contribution is 0.0268. The number of nitrogens with one attached hydrogen (secondary N) is 1. The van der Waals surface area contributed by atoms with E-state index in [-0.39, 0.29) is 11.1 Å². The number of piperazine rings is 1. The Labute approximate surface area is 117 Å². The maximum atomic E-state index is 3.91. The second-order valence-corrected chi connectivity index (χ2v) is 6.07. The highest BCUT2D eigenvalue weighted by Crippen LogP contribution is 2.32. The minimum atomic E-state index is 0.0267. The van der Waals surface area contributed by atoms with Gasteiger partial charge in [-0.25, -0.2) is 0 Å². The summed E-state index contributed by atoms with van der Waals surface area (Å²) in [6.45, 7) is 13.8. The highest BCUT2D eigenvalue weighted by Gasteiger charge is 2.41. The van der Waals surface area contributed by atoms with Crippen molar-refractivity contribution in [1.82, 2.24) is 10.2 Å². The first-order chi connectivity index (χ1) is 9.04. The zero-order valence-electron chi connectivity index (χ0n) is 12.4. The van der Waals surface area contributed by atoms with E-state index in [1.807, 2.05) is 6.08 Å². The molecule has 1 N–H and O–H groups in total. The van der Waals surface area contributed by atoms with Gasteiger partial charge in [-0.15, -0.1) is 6.58 Å². The van der Waals surface area contributed by atoms with Gasteiger partial charge in [-0.1, -0.05) is 43.3 Å². The third-order valence-electron chi connectivity index (χ3n) is 4.65. The summed E-state index contributed by atoms with van der Waals surface area (Å²) in [6.07, 6.45) is 3.17. The highest BCUT2D eigenvalue weighted by molar-refractivity contribution is 5.26. The van der Waals surface area contributed by atoms with Crippen molar-refractivity contribution in [1.29, 1.82) is 0 Å². The topological polar surface area (TPSA) is 15.3 Å². The van der Waals surface area contributed by atoms with E-state index >= 15 is 0 Å². The van der Waals surface area contributed by atoms with Crippen LogP contribution in [0, 0.1) is 0 Å². The summed E-state index contributed by atoms with van der Waals surface area (Å²) in [6, 6.07) is 10.7. The van der Waals surface area contributed by atoms with Crippen LogP contribution in [-0.2, 0) is 5.54 Å². The van der Waals surface area contributed by atoms with E-state index < -0.39 is 0 Å². The van der Waals surface area contributed by atoms with Gasteiger partial charge in [0, 0.05) is 25.2 Å². The molecule has 1 saturated heterocycles. The van der Waals surface area contributed by atoms with Crippen molar-refractivity contribution < 1.29 is 0 Å². The zero-order valence-corrected chi connectivity index (χ0v) is 12.4. The first kappa shape index (κ1) is 14.3. The zero-order chi connectivity index (χ0) is 13.9. The Morgan fingerprint density at radius 1 is 1.32 bits per heavy atom. The van der Waals surface area contributed by atoms with Gasteiger partial charge in [0.05, 0.1) is 5.54 Å². The van der Waals surface area contributed by atoms with E-state index in [2.05, 4.69) is 67.9 Å². The molecule has 2 nitrogen and oxygen atoms in total. The number of nitrogens with zero attached hydrogens (tertiary/aromatic N) is 1. The van der Waals surface area contributed by atoms with Crippen molar-refractivity contribution in [2.45, 2.75) is 38.3 Å². The second-order valence-electron chi connectivity index (χ2n) is 6.07. The lowest BCUT2D eigenvalue weighted by atomic mass is 9.83. The molecule has 1 heterocycles. The molecule has 1 fully saturated rings. The predicted octanol–water partition coefficient (Wildman–Crippen LogP) is 3.16. The Morgan fingerprint density at radius 2 is 2.00 bits per heavy atom. The molecule has 1 aromatic rings. The summed E-state index contributed by atoms with van der Waals surface area (Å²) >= 11 is 0. The van der Waals surface area contributed by atoms with E-state index in [0.717, 1.165) is 26.1 Å². The first-order valence-electron chi connectivity index (χ1n) is 7.20. The quantitative estimate of drug-likeness (QED) is 0.835. The van der Waals surface area contributed by atoms with Crippen molar-refractivity contribution >= 4 is 0 Å². The highest BCUT2D eigenvalue weighted by atomic mass is 15.3. The van der Waals surface area contributed by atoms with Crippen LogP contribution in [0.15, 0.2) is 43.0 Å². The molecule has 0 saturated carbocycles. The van der Waals surface area contributed by atoms with Crippen molar-refractivity contribution in [3.63, 3.8) is 0 Å². The molecule has 0 radical (unpaired) electrons. The van der Waals surface area contributed by atoms with Gasteiger partial charge >= 0.3 is 0 Å². The Bertz CT molecular complexity index is 428. The fourth-order valence-corrected chi connectivity index (χ4v) is 2.91. The van der Waals surface area contributed by atoms with Crippen molar-refractivity contribution in [2.24, 2.45) is 0 Å². The third-order valence-corrected chi connectivity index (χ3v) is 4.65. The Hall–Kier alpha value is -1.12. The Balaban J connectivity index is 2.25. The monoisotopic (exact) mass is 258 g/mol. The summed E-state index contributed by atoms with van der Waals surface area (Å²) in [7, 11) is 0. The summed E-state index contributed by atoms with van der Waals surface area (Å²) in [4.78, 5) is 2.56. The fraction of sp³-hybridized carbons (Fsp3) is 0.529. The van der Waals surface area contributed by atoms with E-state index in [1.54, 1.807) is 0 Å². The molecule has 1 aromatic carbocycles. The van der Waals surface area contributed by atoms with Crippen LogP contribution in [0.1, 0.15) is 32.8 Å². The van der Waals surface area contributed by atoms with Crippen molar-refractivity contribution in [3.8, 4) is 0 Å². The molecule has 0 aliphatic carbocycles. The van der Waals surface area contributed by atoms with Gasteiger partial charge in [0.25, 0.3) is 0 Å². The van der Waals surface area contributed by atoms with Crippen LogP contribution < -0.4 is 5.32 Å². The molecule has 2 atom stereocenters. The normalized spacial score (nSPS) is 32.2. The van der Waals surface area contributed by atoms with Gasteiger partial charge in [-0.3, -0.25) is 4.90 Å². The van der Waals surface area contributed by atoms with E-state index in [0.29, 0.717) is 0 Å². The molecular formula is C17H26N2. The molecule has 104 valence electrons. The molecule has 0 spiro atoms. The van der Waals surface area contributed by atoms with E-state index in [9.17, 15) is 0 Å². The van der Waals surface area contributed by atoms with E-state index in [4.69, 9.17) is 0 Å². The lowest BCUT2D eigenvalue weighted by Gasteiger charge is -2.52. The molecule has 0 amide bonds. The summed E-state index contributed by atoms with van der Waals surface area (Å²) < 4.78 is 0. The fourth-order valence-electron chi connectivity index (χ4n) is 2.91. The molecule has 2 heteroatoms. The molecule has 0 aromatic heterocycles. The molecule has 0 bridgehead atoms. The maximum absolute atomic E-state index is 3.91. The molecule has 19 heavy (non-hydrogen) atoms. The average Bonchev–Trinajstić information content (AvgIpc) is 2.45. The Kier molecular flexibility index (Phi) is 4.12. The van der Waals surface area contributed by atoms with Crippen LogP contribution in [0.3, 0.4) is 0 Å². The van der Waals surface area contributed by atoms with Gasteiger partial charge < -0.3 is 5.32 Å². The maximum Gasteiger partial charge on any atom is 0.0535 e. The average molecular weight is 258 g/mol. The predicted molar refractivity (Wildman–Crippen MR) is 82.3 cm³/mol. The number of rotatable bonds is 4. The second kappa shape index (κ2) is 5.48. The van der Waals surface area contributed by atoms with Crippen molar-refractivity contribution in [2.75, 3.05) is 19.6 Å². The van der Waals surface area contributed by atoms with Crippen LogP contribution >= 0.6 is 0 Å². The lowest BCUT2D eigenvalue weighted by Crippen LogP contribution is -2.66. The van der Waals surface area contributed by atoms with Gasteiger partial charge in [-0.2, -0.15) is 0 Å². The SMILES string of the molecule is C=CCN1CC(C)(c2ccccc2)NCC1(C)CC. The summed E-state index contributed by atoms with van der Waals surface area (Å²) in [5, 5.41) is 3.77. The number of hydrogen-bond donors (Lipinski definition) is 1. The van der Waals surface area contributed by atoms with Crippen molar-refractivity contribution in [3.05, 3.63) is 48.6 Å². The van der Waals surface area contributed by atoms with Gasteiger partial charge in [0.15, 0.2) is 0 Å². The van der Waals surface area contributed by atoms with Gasteiger partial charge in [0.2, 0.25) is 0 Å². The van der Waals surface area contributed by atoms with Gasteiger partial charge in [0.1, 0.15) is 0 Å². The standard InChI is InChI=1S/C17H26N2/c1-5-12-19-14-17(4,15-10-8-7-9-11-15)18-13-16(19,3)6-2/h5,7-11,18H,1,6,12-14H2,2-4H3. The summed E-state index contributed by atoms with van der Waals surface area (Å²) in [5.74, 6) is 0. The molecule has 2 rings (SSSR count). The molecule has 2 unspecified atom stereocenters. The minimum absolute atomic E-state index is 0.0267. The van der Waals surface area contributed by atoms with Crippen LogP contribution in [0.25, 0.3) is 0 Å². The molecular weight excluding hydrogens is 232 g/mol. The minimum Gasteiger partial charge on any atom is -0.305 e. The smallest absolute Gasteiger partial charge is 0.0535 e. The van der Waals surface area contributed by atoms with Crippen LogP contribution in [0.4, 0.5) is 0 Å². The number of hydrogen-bond acceptors (Lipinski definition) is 2. The van der Waals surface area contributed by atoms with Crippen LogP contribution in [0.2, 0.25) is 0 Å². The van der Waals surface area contributed by atoms with Crippen LogP contribution in [0.5, 0.6) is 0 Å². The molecule has 1 aliphatic heterocycles. The summed E-state index contributed by atoms with van der Waals surface area (Å²) in [5.41, 5.74) is 1.61. The molecule has 1 aliphatic rings. The third kappa shape index (κ3) is 2.75.